The number of rotatable bonds is 10. The highest BCUT2D eigenvalue weighted by atomic mass is 35.5. The Labute approximate surface area is 201 Å². The van der Waals surface area contributed by atoms with Gasteiger partial charge in [-0.3, -0.25) is 9.10 Å². The molecule has 1 unspecified atom stereocenters. The Morgan fingerprint density at radius 3 is 2.24 bits per heavy atom. The molecule has 0 fully saturated rings. The molecule has 3 aromatic rings. The average Bonchev–Trinajstić information content (AvgIpc) is 2.83. The van der Waals surface area contributed by atoms with Crippen LogP contribution in [-0.2, 0) is 21.2 Å². The topological polar surface area (TPSA) is 66.5 Å². The number of hydrogen-bond acceptors (Lipinski definition) is 3. The Morgan fingerprint density at radius 2 is 1.64 bits per heavy atom. The maximum Gasteiger partial charge on any atom is 0.264 e. The zero-order valence-corrected chi connectivity index (χ0v) is 20.4. The number of benzene rings is 3. The second-order valence-corrected chi connectivity index (χ2v) is 10.3. The van der Waals surface area contributed by atoms with Gasteiger partial charge in [0.2, 0.25) is 5.91 Å². The molecule has 0 saturated carbocycles. The highest BCUT2D eigenvalue weighted by molar-refractivity contribution is 7.92. The van der Waals surface area contributed by atoms with E-state index < -0.39 is 10.0 Å². The van der Waals surface area contributed by atoms with Crippen molar-refractivity contribution in [2.75, 3.05) is 17.4 Å². The Bertz CT molecular complexity index is 1170. The smallest absolute Gasteiger partial charge is 0.264 e. The molecule has 1 N–H and O–H groups in total. The van der Waals surface area contributed by atoms with E-state index >= 15 is 0 Å². The summed E-state index contributed by atoms with van der Waals surface area (Å²) in [4.78, 5) is 13.0. The van der Waals surface area contributed by atoms with Crippen molar-refractivity contribution in [3.05, 3.63) is 95.0 Å². The van der Waals surface area contributed by atoms with Gasteiger partial charge in [0.1, 0.15) is 6.54 Å². The Hall–Kier alpha value is -2.83. The second kappa shape index (κ2) is 11.3. The number of nitrogens with zero attached hydrogens (tertiary/aromatic N) is 1. The van der Waals surface area contributed by atoms with Crippen molar-refractivity contribution in [2.24, 2.45) is 5.92 Å². The standard InChI is InChI=1S/C26H29ClN2O3S/c1-3-21(16-22-10-6-4-7-11-22)18-28-26(30)19-29(23-15-14-20(2)25(27)17-23)33(31,32)24-12-8-5-9-13-24/h4-15,17,21H,3,16,18-19H2,1-2H3,(H,28,30). The predicted molar refractivity (Wildman–Crippen MR) is 134 cm³/mol. The summed E-state index contributed by atoms with van der Waals surface area (Å²) < 4.78 is 27.9. The summed E-state index contributed by atoms with van der Waals surface area (Å²) in [6, 6.07) is 23.2. The summed E-state index contributed by atoms with van der Waals surface area (Å²) in [6.07, 6.45) is 1.74. The van der Waals surface area contributed by atoms with E-state index in [2.05, 4.69) is 24.4 Å². The van der Waals surface area contributed by atoms with Crippen molar-refractivity contribution in [3.63, 3.8) is 0 Å². The third kappa shape index (κ3) is 6.59. The molecule has 3 aromatic carbocycles. The molecule has 33 heavy (non-hydrogen) atoms. The fourth-order valence-electron chi connectivity index (χ4n) is 3.52. The van der Waals surface area contributed by atoms with Crippen LogP contribution < -0.4 is 9.62 Å². The van der Waals surface area contributed by atoms with Crippen LogP contribution in [0.3, 0.4) is 0 Å². The first-order valence-electron chi connectivity index (χ1n) is 11.0. The number of aryl methyl sites for hydroxylation is 1. The maximum absolute atomic E-state index is 13.4. The zero-order chi connectivity index (χ0) is 23.8. The summed E-state index contributed by atoms with van der Waals surface area (Å²) in [5.74, 6) is -0.109. The van der Waals surface area contributed by atoms with Gasteiger partial charge in [-0.15, -0.1) is 0 Å². The lowest BCUT2D eigenvalue weighted by Gasteiger charge is -2.25. The van der Waals surface area contributed by atoms with Gasteiger partial charge in [0.15, 0.2) is 0 Å². The molecule has 1 atom stereocenters. The molecule has 3 rings (SSSR count). The number of carbonyl (C=O) groups excluding carboxylic acids is 1. The first kappa shape index (κ1) is 24.8. The van der Waals surface area contributed by atoms with Gasteiger partial charge in [0, 0.05) is 11.6 Å². The SMILES string of the molecule is CCC(CNC(=O)CN(c1ccc(C)c(Cl)c1)S(=O)(=O)c1ccccc1)Cc1ccccc1. The van der Waals surface area contributed by atoms with Crippen molar-refractivity contribution in [3.8, 4) is 0 Å². The molecule has 0 aliphatic heterocycles. The van der Waals surface area contributed by atoms with Crippen LogP contribution in [0.5, 0.6) is 0 Å². The van der Waals surface area contributed by atoms with Gasteiger partial charge in [-0.1, -0.05) is 79.5 Å². The molecule has 5 nitrogen and oxygen atoms in total. The van der Waals surface area contributed by atoms with E-state index in [9.17, 15) is 13.2 Å². The minimum atomic E-state index is -3.96. The quantitative estimate of drug-likeness (QED) is 0.428. The molecule has 1 amide bonds. The lowest BCUT2D eigenvalue weighted by atomic mass is 9.97. The number of halogens is 1. The number of carbonyl (C=O) groups is 1. The largest absolute Gasteiger partial charge is 0.354 e. The van der Waals surface area contributed by atoms with Crippen molar-refractivity contribution in [2.45, 2.75) is 31.6 Å². The Morgan fingerprint density at radius 1 is 1.00 bits per heavy atom. The molecule has 0 aromatic heterocycles. The lowest BCUT2D eigenvalue weighted by molar-refractivity contribution is -0.119. The molecule has 0 aliphatic rings. The molecule has 0 spiro atoms. The number of nitrogens with one attached hydrogen (secondary N) is 1. The highest BCUT2D eigenvalue weighted by Crippen LogP contribution is 2.28. The van der Waals surface area contributed by atoms with Crippen LogP contribution in [0.1, 0.15) is 24.5 Å². The van der Waals surface area contributed by atoms with E-state index in [1.807, 2.05) is 25.1 Å². The minimum Gasteiger partial charge on any atom is -0.354 e. The summed E-state index contributed by atoms with van der Waals surface area (Å²) in [5, 5.41) is 3.37. The molecule has 0 aliphatic carbocycles. The van der Waals surface area contributed by atoms with Gasteiger partial charge in [-0.05, 0) is 54.7 Å². The summed E-state index contributed by atoms with van der Waals surface area (Å²) >= 11 is 6.27. The molecular weight excluding hydrogens is 456 g/mol. The molecule has 0 bridgehead atoms. The van der Waals surface area contributed by atoms with E-state index in [0.717, 1.165) is 22.7 Å². The fourth-order valence-corrected chi connectivity index (χ4v) is 5.13. The molecule has 0 saturated heterocycles. The van der Waals surface area contributed by atoms with Gasteiger partial charge in [0.05, 0.1) is 10.6 Å². The Balaban J connectivity index is 1.78. The number of anilines is 1. The van der Waals surface area contributed by atoms with Crippen LogP contribution in [-0.4, -0.2) is 27.4 Å². The first-order chi connectivity index (χ1) is 15.8. The summed E-state index contributed by atoms with van der Waals surface area (Å²) in [6.45, 7) is 4.06. The maximum atomic E-state index is 13.4. The van der Waals surface area contributed by atoms with Crippen molar-refractivity contribution >= 4 is 33.2 Å². The van der Waals surface area contributed by atoms with Crippen LogP contribution in [0.2, 0.25) is 5.02 Å². The van der Waals surface area contributed by atoms with Crippen LogP contribution >= 0.6 is 11.6 Å². The van der Waals surface area contributed by atoms with E-state index in [4.69, 9.17) is 11.6 Å². The monoisotopic (exact) mass is 484 g/mol. The normalized spacial score (nSPS) is 12.2. The van der Waals surface area contributed by atoms with E-state index in [-0.39, 0.29) is 23.3 Å². The van der Waals surface area contributed by atoms with Crippen molar-refractivity contribution in [1.29, 1.82) is 0 Å². The third-order valence-electron chi connectivity index (χ3n) is 5.59. The molecule has 0 radical (unpaired) electrons. The van der Waals surface area contributed by atoms with Gasteiger partial charge in [-0.25, -0.2) is 8.42 Å². The average molecular weight is 485 g/mol. The molecule has 7 heteroatoms. The number of amides is 1. The summed E-state index contributed by atoms with van der Waals surface area (Å²) in [5.41, 5.74) is 2.38. The lowest BCUT2D eigenvalue weighted by Crippen LogP contribution is -2.42. The van der Waals surface area contributed by atoms with Gasteiger partial charge in [-0.2, -0.15) is 0 Å². The Kier molecular flexibility index (Phi) is 8.53. The van der Waals surface area contributed by atoms with E-state index in [1.165, 1.54) is 17.7 Å². The van der Waals surface area contributed by atoms with Crippen LogP contribution in [0.15, 0.2) is 83.8 Å². The predicted octanol–water partition coefficient (Wildman–Crippen LogP) is 5.23. The minimum absolute atomic E-state index is 0.116. The first-order valence-corrected chi connectivity index (χ1v) is 12.8. The van der Waals surface area contributed by atoms with Gasteiger partial charge >= 0.3 is 0 Å². The van der Waals surface area contributed by atoms with E-state index in [1.54, 1.807) is 36.4 Å². The zero-order valence-electron chi connectivity index (χ0n) is 18.9. The number of sulfonamides is 1. The highest BCUT2D eigenvalue weighted by Gasteiger charge is 2.27. The molecular formula is C26H29ClN2O3S. The van der Waals surface area contributed by atoms with Crippen LogP contribution in [0.25, 0.3) is 0 Å². The van der Waals surface area contributed by atoms with Crippen LogP contribution in [0.4, 0.5) is 5.69 Å². The van der Waals surface area contributed by atoms with Crippen molar-refractivity contribution < 1.29 is 13.2 Å². The fraction of sp³-hybridized carbons (Fsp3) is 0.269. The number of hydrogen-bond donors (Lipinski definition) is 1. The molecule has 0 heterocycles. The van der Waals surface area contributed by atoms with Gasteiger partial charge < -0.3 is 5.32 Å². The summed E-state index contributed by atoms with van der Waals surface area (Å²) in [7, 11) is -3.96. The van der Waals surface area contributed by atoms with Crippen molar-refractivity contribution in [1.82, 2.24) is 5.32 Å². The van der Waals surface area contributed by atoms with Crippen LogP contribution in [0, 0.1) is 12.8 Å². The second-order valence-electron chi connectivity index (χ2n) is 8.03. The molecule has 174 valence electrons. The van der Waals surface area contributed by atoms with Gasteiger partial charge in [0.25, 0.3) is 10.0 Å². The third-order valence-corrected chi connectivity index (χ3v) is 7.79. The van der Waals surface area contributed by atoms with E-state index in [0.29, 0.717) is 17.3 Å².